The van der Waals surface area contributed by atoms with Crippen molar-refractivity contribution in [1.29, 1.82) is 0 Å². The Kier molecular flexibility index (Phi) is 11.2. The third-order valence-corrected chi connectivity index (χ3v) is 6.77. The van der Waals surface area contributed by atoms with Crippen LogP contribution in [-0.4, -0.2) is 54.4 Å². The molecule has 2 aromatic carbocycles. The minimum atomic E-state index is -0.721. The average molecular weight is 516 g/mol. The van der Waals surface area contributed by atoms with Gasteiger partial charge in [-0.25, -0.2) is 13.6 Å². The van der Waals surface area contributed by atoms with Crippen molar-refractivity contribution in [1.82, 2.24) is 4.90 Å². The van der Waals surface area contributed by atoms with Crippen LogP contribution in [-0.2, 0) is 20.7 Å². The van der Waals surface area contributed by atoms with Gasteiger partial charge in [-0.1, -0.05) is 31.5 Å². The first-order valence-corrected chi connectivity index (χ1v) is 13.2. The van der Waals surface area contributed by atoms with Crippen LogP contribution in [0.4, 0.5) is 8.78 Å². The second kappa shape index (κ2) is 14.4. The van der Waals surface area contributed by atoms with Gasteiger partial charge in [0, 0.05) is 18.7 Å². The first kappa shape index (κ1) is 29.0. The number of ether oxygens (including phenoxy) is 2. The zero-order chi connectivity index (χ0) is 26.8. The Labute approximate surface area is 219 Å². The Morgan fingerprint density at radius 2 is 2.03 bits per heavy atom. The number of halogens is 2. The predicted molar refractivity (Wildman–Crippen MR) is 141 cm³/mol. The molecule has 0 radical (unpaired) electrons. The van der Waals surface area contributed by atoms with Crippen LogP contribution >= 0.6 is 0 Å². The van der Waals surface area contributed by atoms with Crippen LogP contribution < -0.4 is 0 Å². The number of benzene rings is 2. The van der Waals surface area contributed by atoms with Crippen molar-refractivity contribution in [3.63, 3.8) is 0 Å². The first-order chi connectivity index (χ1) is 17.8. The smallest absolute Gasteiger partial charge is 0.330 e. The summed E-state index contributed by atoms with van der Waals surface area (Å²) in [5.41, 5.74) is 2.91. The van der Waals surface area contributed by atoms with E-state index in [0.29, 0.717) is 29.7 Å². The molecule has 5 nitrogen and oxygen atoms in total. The molecule has 1 aliphatic heterocycles. The summed E-state index contributed by atoms with van der Waals surface area (Å²) in [4.78, 5) is 14.0. The van der Waals surface area contributed by atoms with Crippen molar-refractivity contribution in [2.75, 3.05) is 26.3 Å². The van der Waals surface area contributed by atoms with Crippen molar-refractivity contribution in [3.05, 3.63) is 76.4 Å². The number of esters is 1. The number of likely N-dealkylation sites (tertiary alicyclic amines) is 1. The van der Waals surface area contributed by atoms with Crippen molar-refractivity contribution >= 4 is 12.0 Å². The number of nitrogens with zero attached hydrogens (tertiary/aromatic N) is 1. The van der Waals surface area contributed by atoms with E-state index in [1.165, 1.54) is 18.2 Å². The Bertz CT molecular complexity index is 1060. The third-order valence-electron chi connectivity index (χ3n) is 6.77. The molecule has 202 valence electrons. The maximum Gasteiger partial charge on any atom is 0.330 e. The van der Waals surface area contributed by atoms with E-state index in [2.05, 4.69) is 4.90 Å². The number of aryl methyl sites for hydroxylation is 1. The van der Waals surface area contributed by atoms with E-state index >= 15 is 0 Å². The van der Waals surface area contributed by atoms with Gasteiger partial charge in [-0.3, -0.25) is 4.90 Å². The molecule has 7 heteroatoms. The number of β-amino-alcohol motifs (C(OH)–C–C–N with tert-alkyl or cyclic N) is 1. The van der Waals surface area contributed by atoms with Gasteiger partial charge in [0.15, 0.2) is 0 Å². The van der Waals surface area contributed by atoms with Gasteiger partial charge in [0.05, 0.1) is 25.4 Å². The zero-order valence-corrected chi connectivity index (χ0v) is 22.1. The van der Waals surface area contributed by atoms with E-state index in [1.807, 2.05) is 19.1 Å². The standard InChI is InChI=1S/C30H39F2NO4/c1-4-7-29(27-18-24(31)13-11-23(27)12-14-30(35)36-5-2)37-20-26(34)19-33-15-6-8-25(33)16-22-10-9-21(3)28(32)17-22/h9-14,17-18,25-26,29,34H,4-8,15-16,19-20H2,1-3H3/t25-,26+,29+/m0/s1. The maximum atomic E-state index is 14.2. The predicted octanol–water partition coefficient (Wildman–Crippen LogP) is 5.78. The van der Waals surface area contributed by atoms with E-state index in [-0.39, 0.29) is 30.9 Å². The summed E-state index contributed by atoms with van der Waals surface area (Å²) in [5, 5.41) is 10.8. The molecule has 1 N–H and O–H groups in total. The van der Waals surface area contributed by atoms with Crippen LogP contribution in [0, 0.1) is 18.6 Å². The number of hydrogen-bond donors (Lipinski definition) is 1. The van der Waals surface area contributed by atoms with Gasteiger partial charge in [0.2, 0.25) is 0 Å². The van der Waals surface area contributed by atoms with Gasteiger partial charge in [-0.2, -0.15) is 0 Å². The van der Waals surface area contributed by atoms with Crippen LogP contribution in [0.2, 0.25) is 0 Å². The Balaban J connectivity index is 1.63. The Hall–Kier alpha value is -2.61. The quantitative estimate of drug-likeness (QED) is 0.271. The van der Waals surface area contributed by atoms with E-state index in [0.717, 1.165) is 37.8 Å². The number of aliphatic hydroxyl groups excluding tert-OH is 1. The van der Waals surface area contributed by atoms with Crippen molar-refractivity contribution in [2.24, 2.45) is 0 Å². The highest BCUT2D eigenvalue weighted by atomic mass is 19.1. The van der Waals surface area contributed by atoms with Gasteiger partial charge in [-0.15, -0.1) is 0 Å². The highest BCUT2D eigenvalue weighted by Gasteiger charge is 2.27. The Morgan fingerprint density at radius 1 is 1.22 bits per heavy atom. The summed E-state index contributed by atoms with van der Waals surface area (Å²) in [7, 11) is 0. The van der Waals surface area contributed by atoms with Crippen molar-refractivity contribution in [3.8, 4) is 0 Å². The van der Waals surface area contributed by atoms with Gasteiger partial charge in [-0.05, 0) is 92.6 Å². The van der Waals surface area contributed by atoms with Gasteiger partial charge < -0.3 is 14.6 Å². The van der Waals surface area contributed by atoms with E-state index in [1.54, 1.807) is 32.1 Å². The highest BCUT2D eigenvalue weighted by molar-refractivity contribution is 5.87. The fourth-order valence-electron chi connectivity index (χ4n) is 4.87. The molecular formula is C30H39F2NO4. The molecule has 0 saturated carbocycles. The molecule has 0 unspecified atom stereocenters. The summed E-state index contributed by atoms with van der Waals surface area (Å²) >= 11 is 0. The number of carbonyl (C=O) groups excluding carboxylic acids is 1. The van der Waals surface area contributed by atoms with Gasteiger partial charge >= 0.3 is 5.97 Å². The zero-order valence-electron chi connectivity index (χ0n) is 22.1. The molecule has 0 aliphatic carbocycles. The lowest BCUT2D eigenvalue weighted by molar-refractivity contribution is -0.137. The molecule has 3 rings (SSSR count). The molecule has 1 saturated heterocycles. The number of rotatable bonds is 13. The van der Waals surface area contributed by atoms with Crippen molar-refractivity contribution in [2.45, 2.75) is 71.1 Å². The first-order valence-electron chi connectivity index (χ1n) is 13.2. The van der Waals surface area contributed by atoms with Gasteiger partial charge in [0.25, 0.3) is 0 Å². The van der Waals surface area contributed by atoms with E-state index in [4.69, 9.17) is 9.47 Å². The van der Waals surface area contributed by atoms with E-state index in [9.17, 15) is 18.7 Å². The molecular weight excluding hydrogens is 476 g/mol. The summed E-state index contributed by atoms with van der Waals surface area (Å²) in [5.74, 6) is -1.04. The number of hydrogen-bond acceptors (Lipinski definition) is 5. The molecule has 2 aromatic rings. The van der Waals surface area contributed by atoms with E-state index < -0.39 is 18.2 Å². The molecule has 0 aromatic heterocycles. The number of carbonyl (C=O) groups is 1. The minimum Gasteiger partial charge on any atom is -0.463 e. The lowest BCUT2D eigenvalue weighted by atomic mass is 9.98. The van der Waals surface area contributed by atoms with Crippen LogP contribution in [0.3, 0.4) is 0 Å². The second-order valence-corrected chi connectivity index (χ2v) is 9.70. The molecule has 1 fully saturated rings. The minimum absolute atomic E-state index is 0.102. The largest absolute Gasteiger partial charge is 0.463 e. The fourth-order valence-corrected chi connectivity index (χ4v) is 4.87. The average Bonchev–Trinajstić information content (AvgIpc) is 3.29. The molecule has 37 heavy (non-hydrogen) atoms. The summed E-state index contributed by atoms with van der Waals surface area (Å²) in [6, 6.07) is 10.0. The molecule has 0 spiro atoms. The third kappa shape index (κ3) is 8.73. The normalized spacial score (nSPS) is 17.8. The highest BCUT2D eigenvalue weighted by Crippen LogP contribution is 2.29. The molecule has 1 aliphatic rings. The summed E-state index contributed by atoms with van der Waals surface area (Å²) in [6.45, 7) is 7.22. The van der Waals surface area contributed by atoms with Gasteiger partial charge in [0.1, 0.15) is 11.6 Å². The monoisotopic (exact) mass is 515 g/mol. The SMILES string of the molecule is CCC[C@@H](OC[C@H](O)CN1CCC[C@H]1Cc1ccc(C)c(F)c1)c1cc(F)ccc1C=CC(=O)OCC. The van der Waals surface area contributed by atoms with Crippen LogP contribution in [0.15, 0.2) is 42.5 Å². The summed E-state index contributed by atoms with van der Waals surface area (Å²) < 4.78 is 39.2. The van der Waals surface area contributed by atoms with Crippen LogP contribution in [0.1, 0.15) is 67.9 Å². The van der Waals surface area contributed by atoms with Crippen molar-refractivity contribution < 1.29 is 28.2 Å². The molecule has 1 heterocycles. The molecule has 3 atom stereocenters. The van der Waals surface area contributed by atoms with Crippen LogP contribution in [0.25, 0.3) is 6.08 Å². The van der Waals surface area contributed by atoms with Crippen LogP contribution in [0.5, 0.6) is 0 Å². The molecule has 0 amide bonds. The maximum absolute atomic E-state index is 14.2. The summed E-state index contributed by atoms with van der Waals surface area (Å²) in [6.07, 6.45) is 6.00. The number of aliphatic hydroxyl groups is 1. The topological polar surface area (TPSA) is 59.0 Å². The molecule has 0 bridgehead atoms. The Morgan fingerprint density at radius 3 is 2.76 bits per heavy atom. The lowest BCUT2D eigenvalue weighted by Gasteiger charge is -2.28. The second-order valence-electron chi connectivity index (χ2n) is 9.70. The fraction of sp³-hybridized carbons (Fsp3) is 0.500. The lowest BCUT2D eigenvalue weighted by Crippen LogP contribution is -2.39.